The third-order valence-corrected chi connectivity index (χ3v) is 4.43. The number of hydrogen-bond donors (Lipinski definition) is 2. The van der Waals surface area contributed by atoms with Gasteiger partial charge < -0.3 is 16.0 Å². The summed E-state index contributed by atoms with van der Waals surface area (Å²) in [6, 6.07) is 3.32. The van der Waals surface area contributed by atoms with Gasteiger partial charge in [-0.2, -0.15) is 13.2 Å². The molecule has 1 unspecified atom stereocenters. The molecule has 1 atom stereocenters. The Morgan fingerprint density at radius 2 is 2.00 bits per heavy atom. The highest BCUT2D eigenvalue weighted by molar-refractivity contribution is 5.93. The Hall–Kier alpha value is -1.80. The van der Waals surface area contributed by atoms with Crippen molar-refractivity contribution < 1.29 is 22.8 Å². The number of carbonyl (C=O) groups is 2. The van der Waals surface area contributed by atoms with Crippen LogP contribution < -0.4 is 11.1 Å². The topological polar surface area (TPSA) is 75.4 Å². The molecule has 2 rings (SSSR count). The van der Waals surface area contributed by atoms with Crippen molar-refractivity contribution in [1.82, 2.24) is 4.90 Å². The van der Waals surface area contributed by atoms with Gasteiger partial charge in [-0.25, -0.2) is 0 Å². The number of nitrogens with zero attached hydrogens (tertiary/aromatic N) is 1. The van der Waals surface area contributed by atoms with Crippen molar-refractivity contribution in [2.45, 2.75) is 45.3 Å². The van der Waals surface area contributed by atoms with E-state index in [1.165, 1.54) is 6.07 Å². The van der Waals surface area contributed by atoms with Gasteiger partial charge in [0.1, 0.15) is 0 Å². The second-order valence-corrected chi connectivity index (χ2v) is 6.54. The number of likely N-dealkylation sites (tertiary alicyclic amines) is 1. The molecule has 0 bridgehead atoms. The van der Waals surface area contributed by atoms with Crippen LogP contribution in [0.2, 0.25) is 0 Å². The highest BCUT2D eigenvalue weighted by Gasteiger charge is 2.32. The van der Waals surface area contributed by atoms with Crippen LogP contribution >= 0.6 is 12.4 Å². The molecule has 5 nitrogen and oxygen atoms in total. The molecule has 152 valence electrons. The molecule has 1 saturated heterocycles. The summed E-state index contributed by atoms with van der Waals surface area (Å²) in [5, 5.41) is 2.56. The zero-order chi connectivity index (χ0) is 19.3. The fraction of sp³-hybridized carbons (Fsp3) is 0.556. The molecule has 0 aliphatic carbocycles. The van der Waals surface area contributed by atoms with Crippen LogP contribution in [0, 0.1) is 5.92 Å². The molecule has 1 aliphatic heterocycles. The normalized spacial score (nSPS) is 17.2. The van der Waals surface area contributed by atoms with E-state index in [2.05, 4.69) is 5.32 Å². The maximum absolute atomic E-state index is 13.0. The van der Waals surface area contributed by atoms with Crippen LogP contribution in [0.4, 0.5) is 18.9 Å². The third kappa shape index (κ3) is 6.39. The van der Waals surface area contributed by atoms with Gasteiger partial charge in [-0.1, -0.05) is 6.92 Å². The summed E-state index contributed by atoms with van der Waals surface area (Å²) in [5.74, 6) is -0.795. The SMILES string of the molecule is CCCC(=O)N1CCCC(C(=O)Nc2cc(CN)cc(C(F)(F)F)c2)C1.Cl. The van der Waals surface area contributed by atoms with Gasteiger partial charge in [0, 0.05) is 31.7 Å². The predicted octanol–water partition coefficient (Wildman–Crippen LogP) is 3.56. The van der Waals surface area contributed by atoms with Gasteiger partial charge in [0.2, 0.25) is 11.8 Å². The minimum absolute atomic E-state index is 0. The lowest BCUT2D eigenvalue weighted by Crippen LogP contribution is -2.43. The Morgan fingerprint density at radius 3 is 2.59 bits per heavy atom. The molecule has 1 aromatic rings. The summed E-state index contributed by atoms with van der Waals surface area (Å²) in [6.07, 6.45) is -2.05. The van der Waals surface area contributed by atoms with Crippen LogP contribution in [-0.4, -0.2) is 29.8 Å². The number of rotatable bonds is 5. The summed E-state index contributed by atoms with van der Waals surface area (Å²) < 4.78 is 39.0. The first kappa shape index (κ1) is 23.2. The van der Waals surface area contributed by atoms with Gasteiger partial charge in [-0.05, 0) is 43.0 Å². The number of anilines is 1. The molecule has 0 spiro atoms. The number of halogens is 4. The number of amides is 2. The zero-order valence-electron chi connectivity index (χ0n) is 15.1. The Kier molecular flexibility index (Phi) is 8.56. The number of nitrogens with one attached hydrogen (secondary N) is 1. The summed E-state index contributed by atoms with van der Waals surface area (Å²) in [7, 11) is 0. The van der Waals surface area contributed by atoms with E-state index in [9.17, 15) is 22.8 Å². The first-order valence-electron chi connectivity index (χ1n) is 8.74. The zero-order valence-corrected chi connectivity index (χ0v) is 16.0. The number of hydrogen-bond acceptors (Lipinski definition) is 3. The van der Waals surface area contributed by atoms with E-state index in [0.717, 1.165) is 18.6 Å². The number of nitrogens with two attached hydrogens (primary N) is 1. The van der Waals surface area contributed by atoms with Crippen LogP contribution in [0.1, 0.15) is 43.7 Å². The Balaban J connectivity index is 0.00000364. The molecule has 1 aliphatic rings. The molecule has 3 N–H and O–H groups in total. The maximum Gasteiger partial charge on any atom is 0.416 e. The van der Waals surface area contributed by atoms with Crippen LogP contribution in [-0.2, 0) is 22.3 Å². The Bertz CT molecular complexity index is 668. The fourth-order valence-corrected chi connectivity index (χ4v) is 3.08. The van der Waals surface area contributed by atoms with E-state index in [-0.39, 0.29) is 36.5 Å². The number of piperidine rings is 1. The van der Waals surface area contributed by atoms with E-state index >= 15 is 0 Å². The Morgan fingerprint density at radius 1 is 1.30 bits per heavy atom. The number of carbonyl (C=O) groups excluding carboxylic acids is 2. The average molecular weight is 408 g/mol. The molecule has 9 heteroatoms. The molecule has 27 heavy (non-hydrogen) atoms. The summed E-state index contributed by atoms with van der Waals surface area (Å²) in [4.78, 5) is 26.2. The molecule has 0 aromatic heterocycles. The minimum atomic E-state index is -4.52. The van der Waals surface area contributed by atoms with Gasteiger partial charge in [0.15, 0.2) is 0 Å². The second-order valence-electron chi connectivity index (χ2n) is 6.54. The molecule has 1 fully saturated rings. The maximum atomic E-state index is 13.0. The van der Waals surface area contributed by atoms with Crippen LogP contribution in [0.25, 0.3) is 0 Å². The molecular weight excluding hydrogens is 383 g/mol. The largest absolute Gasteiger partial charge is 0.416 e. The van der Waals surface area contributed by atoms with Crippen molar-refractivity contribution in [3.05, 3.63) is 29.3 Å². The molecular formula is C18H25ClF3N3O2. The first-order valence-corrected chi connectivity index (χ1v) is 8.74. The van der Waals surface area contributed by atoms with Crippen molar-refractivity contribution in [3.63, 3.8) is 0 Å². The van der Waals surface area contributed by atoms with Crippen molar-refractivity contribution in [1.29, 1.82) is 0 Å². The molecule has 0 saturated carbocycles. The molecule has 1 heterocycles. The van der Waals surface area contributed by atoms with Crippen LogP contribution in [0.3, 0.4) is 0 Å². The summed E-state index contributed by atoms with van der Waals surface area (Å²) >= 11 is 0. The predicted molar refractivity (Wildman–Crippen MR) is 99.4 cm³/mol. The fourth-order valence-electron chi connectivity index (χ4n) is 3.08. The van der Waals surface area contributed by atoms with Crippen molar-refractivity contribution in [3.8, 4) is 0 Å². The highest BCUT2D eigenvalue weighted by atomic mass is 35.5. The lowest BCUT2D eigenvalue weighted by molar-refractivity contribution is -0.138. The van der Waals surface area contributed by atoms with E-state index in [1.54, 1.807) is 4.90 Å². The first-order chi connectivity index (χ1) is 12.2. The minimum Gasteiger partial charge on any atom is -0.342 e. The third-order valence-electron chi connectivity index (χ3n) is 4.43. The molecule has 1 aromatic carbocycles. The Labute approximate surface area is 162 Å². The smallest absolute Gasteiger partial charge is 0.342 e. The van der Waals surface area contributed by atoms with Crippen molar-refractivity contribution in [2.24, 2.45) is 11.7 Å². The van der Waals surface area contributed by atoms with Gasteiger partial charge in [-0.3, -0.25) is 9.59 Å². The highest BCUT2D eigenvalue weighted by Crippen LogP contribution is 2.32. The van der Waals surface area contributed by atoms with Gasteiger partial charge in [-0.15, -0.1) is 12.4 Å². The lowest BCUT2D eigenvalue weighted by atomic mass is 9.96. The molecule has 2 amide bonds. The van der Waals surface area contributed by atoms with Crippen molar-refractivity contribution in [2.75, 3.05) is 18.4 Å². The van der Waals surface area contributed by atoms with E-state index in [4.69, 9.17) is 5.73 Å². The van der Waals surface area contributed by atoms with Crippen LogP contribution in [0.15, 0.2) is 18.2 Å². The van der Waals surface area contributed by atoms with E-state index in [0.29, 0.717) is 37.9 Å². The standard InChI is InChI=1S/C18H24F3N3O2.ClH/c1-2-4-16(25)24-6-3-5-13(11-24)17(26)23-15-8-12(10-22)7-14(9-15)18(19,20)21;/h7-9,13H,2-6,10-11,22H2,1H3,(H,23,26);1H. The van der Waals surface area contributed by atoms with Gasteiger partial charge in [0.25, 0.3) is 0 Å². The van der Waals surface area contributed by atoms with E-state index < -0.39 is 17.7 Å². The summed E-state index contributed by atoms with van der Waals surface area (Å²) in [5.41, 5.74) is 4.97. The lowest BCUT2D eigenvalue weighted by Gasteiger charge is -2.32. The van der Waals surface area contributed by atoms with Crippen molar-refractivity contribution >= 4 is 29.9 Å². The van der Waals surface area contributed by atoms with Crippen LogP contribution in [0.5, 0.6) is 0 Å². The quantitative estimate of drug-likeness (QED) is 0.783. The monoisotopic (exact) mass is 407 g/mol. The van der Waals surface area contributed by atoms with Gasteiger partial charge >= 0.3 is 6.18 Å². The molecule has 0 radical (unpaired) electrons. The van der Waals surface area contributed by atoms with Gasteiger partial charge in [0.05, 0.1) is 11.5 Å². The second kappa shape index (κ2) is 9.94. The number of benzene rings is 1. The number of alkyl halides is 3. The average Bonchev–Trinajstić information content (AvgIpc) is 2.61. The summed E-state index contributed by atoms with van der Waals surface area (Å²) in [6.45, 7) is 2.76. The van der Waals surface area contributed by atoms with E-state index in [1.807, 2.05) is 6.92 Å².